The lowest BCUT2D eigenvalue weighted by Gasteiger charge is -2.32. The molecule has 2 heterocycles. The number of carbonyl (C=O) groups is 1. The van der Waals surface area contributed by atoms with Crippen LogP contribution in [0.3, 0.4) is 0 Å². The summed E-state index contributed by atoms with van der Waals surface area (Å²) in [6.07, 6.45) is 1.84. The van der Waals surface area contributed by atoms with Gasteiger partial charge in [-0.1, -0.05) is 42.5 Å². The SMILES string of the molecule is Cc1cccc([S@](=O)Cc2ccc(C(=O)NC3CCN(Cc4ccccc4)CC3)o2)c1. The van der Waals surface area contributed by atoms with Crippen molar-refractivity contribution >= 4 is 16.7 Å². The van der Waals surface area contributed by atoms with Gasteiger partial charge in [0.15, 0.2) is 5.76 Å². The molecule has 1 fully saturated rings. The summed E-state index contributed by atoms with van der Waals surface area (Å²) in [6, 6.07) is 21.7. The molecule has 2 aromatic carbocycles. The Bertz CT molecular complexity index is 1040. The number of hydrogen-bond donors (Lipinski definition) is 1. The first-order chi connectivity index (χ1) is 15.1. The van der Waals surface area contributed by atoms with Crippen molar-refractivity contribution < 1.29 is 13.4 Å². The summed E-state index contributed by atoms with van der Waals surface area (Å²) < 4.78 is 18.3. The van der Waals surface area contributed by atoms with Gasteiger partial charge in [-0.2, -0.15) is 0 Å². The smallest absolute Gasteiger partial charge is 0.287 e. The molecule has 1 saturated heterocycles. The van der Waals surface area contributed by atoms with Gasteiger partial charge in [0.1, 0.15) is 5.76 Å². The van der Waals surface area contributed by atoms with Crippen LogP contribution in [0.2, 0.25) is 0 Å². The second-order valence-electron chi connectivity index (χ2n) is 8.08. The summed E-state index contributed by atoms with van der Waals surface area (Å²) in [5, 5.41) is 3.09. The lowest BCUT2D eigenvalue weighted by Crippen LogP contribution is -2.44. The second kappa shape index (κ2) is 10.1. The molecule has 0 saturated carbocycles. The van der Waals surface area contributed by atoms with Crippen molar-refractivity contribution in [3.63, 3.8) is 0 Å². The fourth-order valence-corrected chi connectivity index (χ4v) is 5.01. The van der Waals surface area contributed by atoms with Gasteiger partial charge < -0.3 is 9.73 Å². The van der Waals surface area contributed by atoms with Crippen molar-refractivity contribution in [2.24, 2.45) is 0 Å². The number of nitrogens with zero attached hydrogens (tertiary/aromatic N) is 1. The van der Waals surface area contributed by atoms with Crippen molar-refractivity contribution in [2.45, 2.75) is 43.0 Å². The molecular formula is C25H28N2O3S. The van der Waals surface area contributed by atoms with Crippen molar-refractivity contribution in [1.82, 2.24) is 10.2 Å². The topological polar surface area (TPSA) is 62.6 Å². The molecule has 0 radical (unpaired) electrons. The van der Waals surface area contributed by atoms with E-state index in [0.717, 1.165) is 42.9 Å². The van der Waals surface area contributed by atoms with Gasteiger partial charge in [0.25, 0.3) is 5.91 Å². The number of hydrogen-bond acceptors (Lipinski definition) is 4. The van der Waals surface area contributed by atoms with E-state index in [0.29, 0.717) is 5.76 Å². The number of furan rings is 1. The molecule has 4 rings (SSSR count). The Morgan fingerprint density at radius 3 is 2.58 bits per heavy atom. The second-order valence-corrected chi connectivity index (χ2v) is 9.53. The van der Waals surface area contributed by atoms with Crippen LogP contribution >= 0.6 is 0 Å². The van der Waals surface area contributed by atoms with Gasteiger partial charge >= 0.3 is 0 Å². The van der Waals surface area contributed by atoms with E-state index in [1.54, 1.807) is 12.1 Å². The quantitative estimate of drug-likeness (QED) is 0.600. The van der Waals surface area contributed by atoms with E-state index in [1.807, 2.05) is 37.3 Å². The highest BCUT2D eigenvalue weighted by Crippen LogP contribution is 2.18. The molecule has 1 aliphatic heterocycles. The Morgan fingerprint density at radius 2 is 1.84 bits per heavy atom. The molecule has 1 aromatic heterocycles. The zero-order chi connectivity index (χ0) is 21.6. The number of piperidine rings is 1. The van der Waals surface area contributed by atoms with E-state index in [1.165, 1.54) is 5.56 Å². The molecule has 1 atom stereocenters. The van der Waals surface area contributed by atoms with Crippen molar-refractivity contribution in [3.05, 3.63) is 89.4 Å². The lowest BCUT2D eigenvalue weighted by molar-refractivity contribution is 0.0879. The molecule has 5 nitrogen and oxygen atoms in total. The molecule has 162 valence electrons. The first kappa shape index (κ1) is 21.5. The summed E-state index contributed by atoms with van der Waals surface area (Å²) >= 11 is 0. The molecular weight excluding hydrogens is 408 g/mol. The van der Waals surface area contributed by atoms with E-state index >= 15 is 0 Å². The predicted molar refractivity (Wildman–Crippen MR) is 122 cm³/mol. The Labute approximate surface area is 185 Å². The fraction of sp³-hybridized carbons (Fsp3) is 0.320. The summed E-state index contributed by atoms with van der Waals surface area (Å²) in [7, 11) is -1.20. The van der Waals surface area contributed by atoms with Gasteiger partial charge in [-0.25, -0.2) is 0 Å². The van der Waals surface area contributed by atoms with Crippen LogP contribution in [0, 0.1) is 6.92 Å². The van der Waals surface area contributed by atoms with Crippen molar-refractivity contribution in [3.8, 4) is 0 Å². The van der Waals surface area contributed by atoms with Crippen LogP contribution in [0.4, 0.5) is 0 Å². The highest BCUT2D eigenvalue weighted by atomic mass is 32.2. The minimum atomic E-state index is -1.20. The number of carbonyl (C=O) groups excluding carboxylic acids is 1. The number of nitrogens with one attached hydrogen (secondary N) is 1. The zero-order valence-corrected chi connectivity index (χ0v) is 18.6. The van der Waals surface area contributed by atoms with Crippen LogP contribution < -0.4 is 5.32 Å². The van der Waals surface area contributed by atoms with Crippen LogP contribution in [0.1, 0.15) is 40.3 Å². The summed E-state index contributed by atoms with van der Waals surface area (Å²) in [6.45, 7) is 4.83. The first-order valence-corrected chi connectivity index (χ1v) is 12.0. The number of rotatable bonds is 7. The van der Waals surface area contributed by atoms with E-state index < -0.39 is 10.8 Å². The summed E-state index contributed by atoms with van der Waals surface area (Å²) in [5.41, 5.74) is 2.39. The third kappa shape index (κ3) is 5.93. The fourth-order valence-electron chi connectivity index (χ4n) is 3.88. The van der Waals surface area contributed by atoms with Gasteiger partial charge in [0, 0.05) is 30.6 Å². The average molecular weight is 437 g/mol. The molecule has 3 aromatic rings. The molecule has 1 aliphatic rings. The van der Waals surface area contributed by atoms with Crippen LogP contribution in [-0.4, -0.2) is 34.1 Å². The van der Waals surface area contributed by atoms with Gasteiger partial charge in [-0.05, 0) is 55.2 Å². The third-order valence-electron chi connectivity index (χ3n) is 5.58. The molecule has 0 spiro atoms. The van der Waals surface area contributed by atoms with Crippen molar-refractivity contribution in [1.29, 1.82) is 0 Å². The molecule has 0 aliphatic carbocycles. The van der Waals surface area contributed by atoms with Gasteiger partial charge in [0.05, 0.1) is 16.6 Å². The van der Waals surface area contributed by atoms with Crippen molar-refractivity contribution in [2.75, 3.05) is 13.1 Å². The van der Waals surface area contributed by atoms with Crippen LogP contribution in [0.25, 0.3) is 0 Å². The first-order valence-electron chi connectivity index (χ1n) is 10.7. The highest BCUT2D eigenvalue weighted by Gasteiger charge is 2.22. The van der Waals surface area contributed by atoms with Gasteiger partial charge in [0.2, 0.25) is 0 Å². The monoisotopic (exact) mass is 436 g/mol. The highest BCUT2D eigenvalue weighted by molar-refractivity contribution is 7.84. The summed E-state index contributed by atoms with van der Waals surface area (Å²) in [5.74, 6) is 0.897. The maximum absolute atomic E-state index is 12.6. The lowest BCUT2D eigenvalue weighted by atomic mass is 10.0. The van der Waals surface area contributed by atoms with Gasteiger partial charge in [-0.3, -0.25) is 13.9 Å². The predicted octanol–water partition coefficient (Wildman–Crippen LogP) is 4.29. The van der Waals surface area contributed by atoms with E-state index in [4.69, 9.17) is 4.42 Å². The standard InChI is InChI=1S/C25H28N2O3S/c1-19-6-5-9-23(16-19)31(29)18-22-10-11-24(30-22)25(28)26-21-12-14-27(15-13-21)17-20-7-3-2-4-8-20/h2-11,16,21H,12-15,17-18H2,1H3,(H,26,28)/t31-/m1/s1. The maximum Gasteiger partial charge on any atom is 0.287 e. The van der Waals surface area contributed by atoms with Crippen LogP contribution in [0.15, 0.2) is 76.0 Å². The Morgan fingerprint density at radius 1 is 1.06 bits per heavy atom. The molecule has 0 unspecified atom stereocenters. The Balaban J connectivity index is 1.26. The maximum atomic E-state index is 12.6. The minimum Gasteiger partial charge on any atom is -0.455 e. The third-order valence-corrected chi connectivity index (χ3v) is 6.91. The normalized spacial score (nSPS) is 16.2. The summed E-state index contributed by atoms with van der Waals surface area (Å²) in [4.78, 5) is 15.8. The number of aryl methyl sites for hydroxylation is 1. The average Bonchev–Trinajstić information content (AvgIpc) is 3.24. The number of likely N-dealkylation sites (tertiary alicyclic amines) is 1. The molecule has 0 bridgehead atoms. The Kier molecular flexibility index (Phi) is 6.99. The Hall–Kier alpha value is -2.70. The van der Waals surface area contributed by atoms with E-state index in [2.05, 4.69) is 34.5 Å². The largest absolute Gasteiger partial charge is 0.455 e. The zero-order valence-electron chi connectivity index (χ0n) is 17.8. The number of benzene rings is 2. The molecule has 1 N–H and O–H groups in total. The van der Waals surface area contributed by atoms with E-state index in [-0.39, 0.29) is 23.5 Å². The van der Waals surface area contributed by atoms with E-state index in [9.17, 15) is 9.00 Å². The molecule has 31 heavy (non-hydrogen) atoms. The molecule has 1 amide bonds. The number of amides is 1. The van der Waals surface area contributed by atoms with Gasteiger partial charge in [-0.15, -0.1) is 0 Å². The van der Waals surface area contributed by atoms with Crippen LogP contribution in [0.5, 0.6) is 0 Å². The molecule has 6 heteroatoms. The van der Waals surface area contributed by atoms with Crippen LogP contribution in [-0.2, 0) is 23.1 Å². The minimum absolute atomic E-state index is 0.148.